The molecule has 0 saturated carbocycles. The molecule has 0 radical (unpaired) electrons. The lowest BCUT2D eigenvalue weighted by Gasteiger charge is -2.14. The van der Waals surface area contributed by atoms with Crippen LogP contribution >= 0.6 is 27.5 Å². The third-order valence-electron chi connectivity index (χ3n) is 5.69. The molecular formula is C27H16BrClN2. The van der Waals surface area contributed by atoms with E-state index in [-0.39, 0.29) is 0 Å². The molecule has 4 heteroatoms. The van der Waals surface area contributed by atoms with Crippen molar-refractivity contribution in [3.8, 4) is 16.9 Å². The summed E-state index contributed by atoms with van der Waals surface area (Å²) in [4.78, 5) is 5.16. The van der Waals surface area contributed by atoms with Crippen LogP contribution in [-0.4, -0.2) is 9.55 Å². The molecule has 2 heterocycles. The maximum absolute atomic E-state index is 6.38. The van der Waals surface area contributed by atoms with Crippen LogP contribution in [0.15, 0.2) is 102 Å². The number of para-hydroxylation sites is 1. The summed E-state index contributed by atoms with van der Waals surface area (Å²) in [6.07, 6.45) is 0. The molecule has 0 bridgehead atoms. The van der Waals surface area contributed by atoms with Crippen molar-refractivity contribution in [2.45, 2.75) is 0 Å². The average Bonchev–Trinajstić information content (AvgIpc) is 3.11. The van der Waals surface area contributed by atoms with Gasteiger partial charge >= 0.3 is 0 Å². The molecule has 148 valence electrons. The van der Waals surface area contributed by atoms with Crippen LogP contribution < -0.4 is 0 Å². The molecule has 0 aliphatic heterocycles. The Morgan fingerprint density at radius 3 is 2.26 bits per heavy atom. The Kier molecular flexibility index (Phi) is 4.34. The van der Waals surface area contributed by atoms with Crippen LogP contribution in [0.4, 0.5) is 0 Å². The maximum atomic E-state index is 6.38. The van der Waals surface area contributed by atoms with E-state index in [1.54, 1.807) is 0 Å². The molecule has 6 aromatic rings. The Morgan fingerprint density at radius 1 is 0.710 bits per heavy atom. The van der Waals surface area contributed by atoms with E-state index in [1.165, 1.54) is 0 Å². The second kappa shape index (κ2) is 7.23. The van der Waals surface area contributed by atoms with Crippen LogP contribution in [0.1, 0.15) is 0 Å². The molecule has 0 spiro atoms. The number of rotatable bonds is 2. The van der Waals surface area contributed by atoms with Crippen molar-refractivity contribution < 1.29 is 0 Å². The number of hydrogen-bond donors (Lipinski definition) is 0. The van der Waals surface area contributed by atoms with E-state index in [0.717, 1.165) is 59.1 Å². The Bertz CT molecular complexity index is 1540. The van der Waals surface area contributed by atoms with Crippen molar-refractivity contribution in [2.75, 3.05) is 0 Å². The van der Waals surface area contributed by atoms with Gasteiger partial charge in [-0.15, -0.1) is 0 Å². The van der Waals surface area contributed by atoms with Gasteiger partial charge in [0.05, 0.1) is 16.6 Å². The van der Waals surface area contributed by atoms with Crippen molar-refractivity contribution in [3.05, 3.63) is 107 Å². The van der Waals surface area contributed by atoms with E-state index in [1.807, 2.05) is 24.3 Å². The maximum Gasteiger partial charge on any atom is 0.146 e. The Balaban J connectivity index is 1.80. The molecule has 6 rings (SSSR count). The quantitative estimate of drug-likeness (QED) is 0.242. The van der Waals surface area contributed by atoms with Crippen LogP contribution in [0.2, 0.25) is 5.02 Å². The number of aromatic nitrogens is 2. The number of halogens is 2. The van der Waals surface area contributed by atoms with Gasteiger partial charge in [0.2, 0.25) is 0 Å². The molecule has 0 atom stereocenters. The summed E-state index contributed by atoms with van der Waals surface area (Å²) in [5, 5.41) is 4.09. The fourth-order valence-electron chi connectivity index (χ4n) is 4.30. The lowest BCUT2D eigenvalue weighted by molar-refractivity contribution is 1.10. The van der Waals surface area contributed by atoms with Crippen molar-refractivity contribution in [1.82, 2.24) is 9.55 Å². The van der Waals surface area contributed by atoms with E-state index >= 15 is 0 Å². The number of pyridine rings is 1. The molecule has 2 nitrogen and oxygen atoms in total. The van der Waals surface area contributed by atoms with Gasteiger partial charge < -0.3 is 0 Å². The van der Waals surface area contributed by atoms with Gasteiger partial charge in [0.1, 0.15) is 5.82 Å². The zero-order chi connectivity index (χ0) is 20.9. The van der Waals surface area contributed by atoms with Gasteiger partial charge in [-0.25, -0.2) is 4.98 Å². The summed E-state index contributed by atoms with van der Waals surface area (Å²) in [6.45, 7) is 0. The molecule has 0 aliphatic rings. The van der Waals surface area contributed by atoms with E-state index < -0.39 is 0 Å². The summed E-state index contributed by atoms with van der Waals surface area (Å²) in [6, 6.07) is 33.4. The first kappa shape index (κ1) is 18.6. The van der Waals surface area contributed by atoms with E-state index in [2.05, 4.69) is 93.3 Å². The van der Waals surface area contributed by atoms with E-state index in [0.29, 0.717) is 0 Å². The molecule has 0 amide bonds. The van der Waals surface area contributed by atoms with Gasteiger partial charge in [0.25, 0.3) is 0 Å². The van der Waals surface area contributed by atoms with Gasteiger partial charge in [0, 0.05) is 31.2 Å². The minimum atomic E-state index is 0.723. The van der Waals surface area contributed by atoms with E-state index in [9.17, 15) is 0 Å². The predicted molar refractivity (Wildman–Crippen MR) is 134 cm³/mol. The van der Waals surface area contributed by atoms with Crippen LogP contribution in [0.3, 0.4) is 0 Å². The van der Waals surface area contributed by atoms with Gasteiger partial charge in [-0.05, 0) is 54.1 Å². The summed E-state index contributed by atoms with van der Waals surface area (Å²) in [7, 11) is 0. The number of hydrogen-bond acceptors (Lipinski definition) is 1. The minimum absolute atomic E-state index is 0.723. The fourth-order valence-corrected chi connectivity index (χ4v) is 4.84. The third kappa shape index (κ3) is 3.04. The number of fused-ring (bicyclic) bond motifs is 4. The highest BCUT2D eigenvalue weighted by Crippen LogP contribution is 2.38. The molecule has 4 aromatic carbocycles. The molecular weight excluding hydrogens is 468 g/mol. The van der Waals surface area contributed by atoms with Crippen molar-refractivity contribution >= 4 is 60.2 Å². The highest BCUT2D eigenvalue weighted by Gasteiger charge is 2.18. The fraction of sp³-hybridized carbons (Fsp3) is 0. The van der Waals surface area contributed by atoms with Crippen LogP contribution in [-0.2, 0) is 0 Å². The number of benzene rings is 4. The summed E-state index contributed by atoms with van der Waals surface area (Å²) in [5.41, 5.74) is 5.38. The van der Waals surface area contributed by atoms with Crippen LogP contribution in [0.25, 0.3) is 49.7 Å². The lowest BCUT2D eigenvalue weighted by Crippen LogP contribution is -2.01. The molecule has 0 unspecified atom stereocenters. The second-order valence-electron chi connectivity index (χ2n) is 7.58. The van der Waals surface area contributed by atoms with Gasteiger partial charge in [-0.2, -0.15) is 0 Å². The largest absolute Gasteiger partial charge is 0.293 e. The van der Waals surface area contributed by atoms with Crippen molar-refractivity contribution in [1.29, 1.82) is 0 Å². The van der Waals surface area contributed by atoms with E-state index in [4.69, 9.17) is 16.6 Å². The van der Waals surface area contributed by atoms with Gasteiger partial charge in [-0.3, -0.25) is 4.57 Å². The zero-order valence-electron chi connectivity index (χ0n) is 16.4. The Hall–Kier alpha value is -3.14. The van der Waals surface area contributed by atoms with Crippen molar-refractivity contribution in [3.63, 3.8) is 0 Å². The molecule has 0 saturated heterocycles. The van der Waals surface area contributed by atoms with Crippen LogP contribution in [0, 0.1) is 0 Å². The highest BCUT2D eigenvalue weighted by molar-refractivity contribution is 9.10. The van der Waals surface area contributed by atoms with Crippen molar-refractivity contribution in [2.24, 2.45) is 0 Å². The van der Waals surface area contributed by atoms with Gasteiger partial charge in [0.15, 0.2) is 0 Å². The predicted octanol–water partition coefficient (Wildman–Crippen LogP) is 8.41. The summed E-state index contributed by atoms with van der Waals surface area (Å²) < 4.78 is 3.29. The first-order valence-electron chi connectivity index (χ1n) is 10.0. The van der Waals surface area contributed by atoms with Crippen LogP contribution in [0.5, 0.6) is 0 Å². The Labute approximate surface area is 192 Å². The summed E-state index contributed by atoms with van der Waals surface area (Å²) in [5.74, 6) is 0.912. The zero-order valence-corrected chi connectivity index (χ0v) is 18.7. The first-order valence-corrected chi connectivity index (χ1v) is 11.2. The monoisotopic (exact) mass is 482 g/mol. The highest BCUT2D eigenvalue weighted by atomic mass is 79.9. The number of nitrogens with zero attached hydrogens (tertiary/aromatic N) is 2. The SMILES string of the molecule is Clc1ccc2c(c1)c1cc(Br)ccc1n2-c1nc2ccccc2cc1-c1ccccc1. The molecule has 0 N–H and O–H groups in total. The molecule has 0 fully saturated rings. The molecule has 2 aromatic heterocycles. The van der Waals surface area contributed by atoms with Gasteiger partial charge in [-0.1, -0.05) is 76.1 Å². The second-order valence-corrected chi connectivity index (χ2v) is 8.93. The smallest absolute Gasteiger partial charge is 0.146 e. The third-order valence-corrected chi connectivity index (χ3v) is 6.42. The minimum Gasteiger partial charge on any atom is -0.293 e. The molecule has 0 aliphatic carbocycles. The average molecular weight is 484 g/mol. The Morgan fingerprint density at radius 2 is 1.42 bits per heavy atom. The topological polar surface area (TPSA) is 17.8 Å². The lowest BCUT2D eigenvalue weighted by atomic mass is 10.0. The summed E-state index contributed by atoms with van der Waals surface area (Å²) >= 11 is 10.0. The first-order chi connectivity index (χ1) is 15.2. The standard InChI is InChI=1S/C27H16BrClN2/c28-19-10-12-25-22(15-19)23-16-20(29)11-13-26(23)31(25)27-21(17-6-2-1-3-7-17)14-18-8-4-5-9-24(18)30-27/h1-16H. The normalized spacial score (nSPS) is 11.5. The molecule has 31 heavy (non-hydrogen) atoms.